The fourth-order valence-corrected chi connectivity index (χ4v) is 3.99. The molecule has 7 heteroatoms. The summed E-state index contributed by atoms with van der Waals surface area (Å²) in [6.45, 7) is 2.91. The maximum atomic E-state index is 12.5. The van der Waals surface area contributed by atoms with Crippen LogP contribution in [-0.4, -0.2) is 45.7 Å². The first-order chi connectivity index (χ1) is 12.6. The number of fused-ring (bicyclic) bond motifs is 1. The molecule has 1 spiro atoms. The Morgan fingerprint density at radius 3 is 2.88 bits per heavy atom. The average Bonchev–Trinajstić information content (AvgIpc) is 3.06. The second-order valence-corrected chi connectivity index (χ2v) is 7.39. The van der Waals surface area contributed by atoms with Gasteiger partial charge in [0.05, 0.1) is 17.9 Å². The van der Waals surface area contributed by atoms with E-state index in [-0.39, 0.29) is 12.0 Å². The summed E-state index contributed by atoms with van der Waals surface area (Å²) in [7, 11) is 1.85. The molecule has 2 aliphatic rings. The van der Waals surface area contributed by atoms with Crippen molar-refractivity contribution in [2.75, 3.05) is 13.2 Å². The third-order valence-corrected chi connectivity index (χ3v) is 5.39. The molecule has 1 aliphatic heterocycles. The normalized spacial score (nSPS) is 22.6. The number of rotatable bonds is 3. The molecule has 1 aliphatic carbocycles. The lowest BCUT2D eigenvalue weighted by molar-refractivity contribution is -0.175. The molecule has 7 nitrogen and oxygen atoms in total. The van der Waals surface area contributed by atoms with Crippen molar-refractivity contribution in [3.05, 3.63) is 23.5 Å². The Labute approximate surface area is 153 Å². The summed E-state index contributed by atoms with van der Waals surface area (Å²) < 4.78 is 13.9. The first-order valence-electron chi connectivity index (χ1n) is 9.46. The number of carbonyl (C=O) groups excluding carboxylic acids is 1. The number of nitrogens with zero attached hydrogens (tertiary/aromatic N) is 3. The van der Waals surface area contributed by atoms with Crippen molar-refractivity contribution in [2.24, 2.45) is 7.05 Å². The molecule has 0 aromatic carbocycles. The fourth-order valence-electron chi connectivity index (χ4n) is 3.99. The summed E-state index contributed by atoms with van der Waals surface area (Å²) in [6.07, 6.45) is 8.21. The third kappa shape index (κ3) is 3.33. The summed E-state index contributed by atoms with van der Waals surface area (Å²) in [6, 6.07) is 1.85. The minimum atomic E-state index is -0.417. The fraction of sp³-hybridized carbons (Fsp3) is 0.632. The van der Waals surface area contributed by atoms with E-state index >= 15 is 0 Å². The summed E-state index contributed by atoms with van der Waals surface area (Å²) in [5.41, 5.74) is 2.19. The van der Waals surface area contributed by atoms with Gasteiger partial charge in [-0.15, -0.1) is 0 Å². The lowest BCUT2D eigenvalue weighted by Gasteiger charge is -2.26. The first-order valence-corrected chi connectivity index (χ1v) is 9.46. The van der Waals surface area contributed by atoms with Gasteiger partial charge in [-0.2, -0.15) is 5.10 Å². The number of nitrogens with one attached hydrogen (secondary N) is 1. The Kier molecular flexibility index (Phi) is 4.67. The first kappa shape index (κ1) is 17.4. The predicted molar refractivity (Wildman–Crippen MR) is 96.8 cm³/mol. The molecule has 0 radical (unpaired) electrons. The van der Waals surface area contributed by atoms with Crippen molar-refractivity contribution in [3.8, 4) is 0 Å². The van der Waals surface area contributed by atoms with E-state index in [1.54, 1.807) is 10.9 Å². The average molecular weight is 358 g/mol. The highest BCUT2D eigenvalue weighted by atomic mass is 16.7. The number of amides is 1. The SMILES string of the molecule is Cc1nn(C)c2ncc(C(=O)NC[C@@H]3COC4(CCCCCC4)O3)cc12. The number of pyridine rings is 1. The maximum Gasteiger partial charge on any atom is 0.252 e. The van der Waals surface area contributed by atoms with Gasteiger partial charge in [0.1, 0.15) is 6.10 Å². The van der Waals surface area contributed by atoms with E-state index in [9.17, 15) is 4.79 Å². The molecule has 3 heterocycles. The Bertz CT molecular complexity index is 808. The van der Waals surface area contributed by atoms with Gasteiger partial charge >= 0.3 is 0 Å². The number of ether oxygens (including phenoxy) is 2. The second-order valence-electron chi connectivity index (χ2n) is 7.39. The van der Waals surface area contributed by atoms with Crippen molar-refractivity contribution in [1.82, 2.24) is 20.1 Å². The maximum absolute atomic E-state index is 12.5. The molecule has 2 aromatic heterocycles. The Hall–Kier alpha value is -1.99. The second kappa shape index (κ2) is 6.96. The summed E-state index contributed by atoms with van der Waals surface area (Å²) >= 11 is 0. The minimum Gasteiger partial charge on any atom is -0.349 e. The van der Waals surface area contributed by atoms with Crippen LogP contribution in [-0.2, 0) is 16.5 Å². The molecule has 1 atom stereocenters. The van der Waals surface area contributed by atoms with Gasteiger partial charge < -0.3 is 14.8 Å². The molecule has 1 N–H and O–H groups in total. The van der Waals surface area contributed by atoms with Gasteiger partial charge in [-0.25, -0.2) is 4.98 Å². The summed E-state index contributed by atoms with van der Waals surface area (Å²) in [5.74, 6) is -0.563. The lowest BCUT2D eigenvalue weighted by atomic mass is 10.1. The minimum absolute atomic E-state index is 0.0890. The monoisotopic (exact) mass is 358 g/mol. The Balaban J connectivity index is 1.38. The summed E-state index contributed by atoms with van der Waals surface area (Å²) in [5, 5.41) is 8.20. The van der Waals surface area contributed by atoms with Crippen LogP contribution < -0.4 is 5.32 Å². The highest BCUT2D eigenvalue weighted by Crippen LogP contribution is 2.36. The van der Waals surface area contributed by atoms with Crippen LogP contribution in [0.2, 0.25) is 0 Å². The molecular formula is C19H26N4O3. The standard InChI is InChI=1S/C19H26N4O3/c1-13-16-9-14(10-20-17(16)23(2)22-13)18(24)21-11-15-12-25-19(26-15)7-5-3-4-6-8-19/h9-10,15H,3-8,11-12H2,1-2H3,(H,21,24)/t15-/m1/s1. The Morgan fingerprint density at radius 2 is 2.12 bits per heavy atom. The molecule has 2 fully saturated rings. The largest absolute Gasteiger partial charge is 0.349 e. The number of hydrogen-bond donors (Lipinski definition) is 1. The highest BCUT2D eigenvalue weighted by molar-refractivity contribution is 5.97. The van der Waals surface area contributed by atoms with Gasteiger partial charge in [0.2, 0.25) is 0 Å². The van der Waals surface area contributed by atoms with Gasteiger partial charge in [0, 0.05) is 38.0 Å². The van der Waals surface area contributed by atoms with Crippen molar-refractivity contribution >= 4 is 16.9 Å². The van der Waals surface area contributed by atoms with Crippen LogP contribution in [0, 0.1) is 6.92 Å². The number of aromatic nitrogens is 3. The van der Waals surface area contributed by atoms with Gasteiger partial charge in [-0.05, 0) is 25.8 Å². The van der Waals surface area contributed by atoms with E-state index < -0.39 is 5.79 Å². The predicted octanol–water partition coefficient (Wildman–Crippen LogP) is 2.47. The van der Waals surface area contributed by atoms with Gasteiger partial charge in [-0.1, -0.05) is 12.8 Å². The van der Waals surface area contributed by atoms with Crippen molar-refractivity contribution in [2.45, 2.75) is 57.3 Å². The van der Waals surface area contributed by atoms with E-state index in [2.05, 4.69) is 15.4 Å². The van der Waals surface area contributed by atoms with Crippen LogP contribution in [0.3, 0.4) is 0 Å². The van der Waals surface area contributed by atoms with Crippen molar-refractivity contribution in [3.63, 3.8) is 0 Å². The molecule has 26 heavy (non-hydrogen) atoms. The van der Waals surface area contributed by atoms with E-state index in [1.165, 1.54) is 12.8 Å². The van der Waals surface area contributed by atoms with Gasteiger partial charge in [0.15, 0.2) is 11.4 Å². The number of aryl methyl sites for hydroxylation is 2. The Morgan fingerprint density at radius 1 is 1.35 bits per heavy atom. The van der Waals surface area contributed by atoms with Crippen LogP contribution >= 0.6 is 0 Å². The zero-order chi connectivity index (χ0) is 18.1. The quantitative estimate of drug-likeness (QED) is 0.912. The van der Waals surface area contributed by atoms with E-state index in [0.717, 1.165) is 42.4 Å². The van der Waals surface area contributed by atoms with E-state index in [4.69, 9.17) is 9.47 Å². The molecule has 1 saturated carbocycles. The molecule has 140 valence electrons. The van der Waals surface area contributed by atoms with E-state index in [0.29, 0.717) is 18.7 Å². The third-order valence-electron chi connectivity index (χ3n) is 5.39. The van der Waals surface area contributed by atoms with Crippen molar-refractivity contribution in [1.29, 1.82) is 0 Å². The molecule has 0 unspecified atom stereocenters. The smallest absolute Gasteiger partial charge is 0.252 e. The molecular weight excluding hydrogens is 332 g/mol. The highest BCUT2D eigenvalue weighted by Gasteiger charge is 2.41. The molecule has 4 rings (SSSR count). The van der Waals surface area contributed by atoms with Crippen molar-refractivity contribution < 1.29 is 14.3 Å². The van der Waals surface area contributed by atoms with Gasteiger partial charge in [0.25, 0.3) is 5.91 Å². The molecule has 2 aromatic rings. The van der Waals surface area contributed by atoms with Crippen LogP contribution in [0.15, 0.2) is 12.3 Å². The van der Waals surface area contributed by atoms with E-state index in [1.807, 2.05) is 20.0 Å². The molecule has 1 amide bonds. The lowest BCUT2D eigenvalue weighted by Crippen LogP contribution is -2.36. The molecule has 1 saturated heterocycles. The number of hydrogen-bond acceptors (Lipinski definition) is 5. The molecule has 0 bridgehead atoms. The van der Waals surface area contributed by atoms with Gasteiger partial charge in [-0.3, -0.25) is 9.48 Å². The van der Waals surface area contributed by atoms with Crippen LogP contribution in [0.5, 0.6) is 0 Å². The zero-order valence-electron chi connectivity index (χ0n) is 15.5. The summed E-state index contributed by atoms with van der Waals surface area (Å²) in [4.78, 5) is 16.9. The number of carbonyl (C=O) groups is 1. The van der Waals surface area contributed by atoms with Crippen LogP contribution in [0.4, 0.5) is 0 Å². The zero-order valence-corrected chi connectivity index (χ0v) is 15.5. The van der Waals surface area contributed by atoms with Crippen LogP contribution in [0.1, 0.15) is 54.6 Å². The topological polar surface area (TPSA) is 78.3 Å². The van der Waals surface area contributed by atoms with Crippen LogP contribution in [0.25, 0.3) is 11.0 Å².